The highest BCUT2D eigenvalue weighted by molar-refractivity contribution is 5.94. The Kier molecular flexibility index (Phi) is 8.31. The minimum absolute atomic E-state index is 0.0444. The van der Waals surface area contributed by atoms with Crippen molar-refractivity contribution in [2.75, 3.05) is 13.2 Å². The summed E-state index contributed by atoms with van der Waals surface area (Å²) in [5.41, 5.74) is 10.8. The second kappa shape index (κ2) is 11.8. The Morgan fingerprint density at radius 2 is 1.53 bits per heavy atom. The second-order valence-corrected chi connectivity index (χ2v) is 9.43. The molecular formula is C30H34N4O2. The van der Waals surface area contributed by atoms with Gasteiger partial charge in [0.05, 0.1) is 18.3 Å². The minimum Gasteiger partial charge on any atom is -0.395 e. The fourth-order valence-corrected chi connectivity index (χ4v) is 4.54. The van der Waals surface area contributed by atoms with E-state index >= 15 is 0 Å². The van der Waals surface area contributed by atoms with Crippen LogP contribution in [0.25, 0.3) is 11.3 Å². The lowest BCUT2D eigenvalue weighted by molar-refractivity contribution is 0.0575. The van der Waals surface area contributed by atoms with Crippen LogP contribution in [0.15, 0.2) is 91.0 Å². The predicted molar refractivity (Wildman–Crippen MR) is 143 cm³/mol. The van der Waals surface area contributed by atoms with Gasteiger partial charge in [-0.3, -0.25) is 4.79 Å². The van der Waals surface area contributed by atoms with Crippen LogP contribution < -0.4 is 5.73 Å². The van der Waals surface area contributed by atoms with E-state index in [1.807, 2.05) is 66.7 Å². The molecule has 0 fully saturated rings. The summed E-state index contributed by atoms with van der Waals surface area (Å²) in [4.78, 5) is 24.1. The van der Waals surface area contributed by atoms with Gasteiger partial charge in [-0.1, -0.05) is 92.7 Å². The van der Waals surface area contributed by atoms with Gasteiger partial charge in [-0.25, -0.2) is 4.98 Å². The Morgan fingerprint density at radius 3 is 2.11 bits per heavy atom. The predicted octanol–water partition coefficient (Wildman–Crippen LogP) is 4.83. The number of hydrogen-bond donors (Lipinski definition) is 3. The van der Waals surface area contributed by atoms with Gasteiger partial charge in [-0.05, 0) is 23.6 Å². The van der Waals surface area contributed by atoms with Crippen molar-refractivity contribution < 1.29 is 9.90 Å². The van der Waals surface area contributed by atoms with Crippen molar-refractivity contribution in [3.63, 3.8) is 0 Å². The number of nitrogens with one attached hydrogen (secondary N) is 1. The van der Waals surface area contributed by atoms with Crippen LogP contribution in [-0.4, -0.2) is 45.1 Å². The number of aliphatic hydroxyl groups excluding tert-OH is 1. The van der Waals surface area contributed by atoms with Crippen molar-refractivity contribution in [2.45, 2.75) is 32.4 Å². The molecule has 4 aromatic rings. The average molecular weight is 483 g/mol. The van der Waals surface area contributed by atoms with Crippen LogP contribution >= 0.6 is 0 Å². The molecule has 1 aromatic heterocycles. The van der Waals surface area contributed by atoms with Gasteiger partial charge in [0, 0.05) is 35.8 Å². The van der Waals surface area contributed by atoms with Gasteiger partial charge in [0.1, 0.15) is 5.82 Å². The second-order valence-electron chi connectivity index (χ2n) is 9.43. The quantitative estimate of drug-likeness (QED) is 0.302. The number of aliphatic hydroxyl groups is 1. The van der Waals surface area contributed by atoms with Crippen LogP contribution in [-0.2, 0) is 6.42 Å². The molecule has 0 aliphatic carbocycles. The van der Waals surface area contributed by atoms with Gasteiger partial charge in [-0.15, -0.1) is 0 Å². The van der Waals surface area contributed by atoms with E-state index in [0.717, 1.165) is 17.0 Å². The molecule has 3 aromatic carbocycles. The molecule has 0 saturated carbocycles. The molecule has 0 spiro atoms. The van der Waals surface area contributed by atoms with Gasteiger partial charge in [0.25, 0.3) is 5.91 Å². The lowest BCUT2D eigenvalue weighted by Crippen LogP contribution is -2.46. The zero-order valence-corrected chi connectivity index (χ0v) is 20.8. The zero-order chi connectivity index (χ0) is 25.5. The summed E-state index contributed by atoms with van der Waals surface area (Å²) >= 11 is 0. The standard InChI is InChI=1S/C30H34N4O2/c1-21(2)28(34(19-25(31)20-35)30(36)24-16-10-5-11-17-24)29-32-26(18-22-12-6-3-7-13-22)27(33-29)23-14-8-4-9-15-23/h3-17,21,25,28,35H,18-20,31H2,1-2H3,(H,32,33)/t25?,28-/m1/s1. The Morgan fingerprint density at radius 1 is 0.944 bits per heavy atom. The van der Waals surface area contributed by atoms with Crippen molar-refractivity contribution in [3.05, 3.63) is 114 Å². The number of hydrogen-bond acceptors (Lipinski definition) is 4. The van der Waals surface area contributed by atoms with Crippen LogP contribution in [0.2, 0.25) is 0 Å². The molecule has 1 heterocycles. The minimum atomic E-state index is -0.564. The molecule has 36 heavy (non-hydrogen) atoms. The summed E-state index contributed by atoms with van der Waals surface area (Å²) in [7, 11) is 0. The van der Waals surface area contributed by atoms with Gasteiger partial charge in [0.15, 0.2) is 0 Å². The maximum Gasteiger partial charge on any atom is 0.254 e. The van der Waals surface area contributed by atoms with Crippen LogP contribution in [0.4, 0.5) is 0 Å². The van der Waals surface area contributed by atoms with E-state index < -0.39 is 6.04 Å². The Hall–Kier alpha value is -3.74. The summed E-state index contributed by atoms with van der Waals surface area (Å²) < 4.78 is 0. The van der Waals surface area contributed by atoms with Crippen molar-refractivity contribution >= 4 is 5.91 Å². The number of aromatic nitrogens is 2. The first kappa shape index (κ1) is 25.4. The molecule has 0 saturated heterocycles. The molecule has 1 unspecified atom stereocenters. The first-order chi connectivity index (χ1) is 17.5. The SMILES string of the molecule is CC(C)[C@H](c1nc(-c2ccccc2)c(Cc2ccccc2)[nH]1)N(CC(N)CO)C(=O)c1ccccc1. The van der Waals surface area contributed by atoms with E-state index in [4.69, 9.17) is 10.7 Å². The van der Waals surface area contributed by atoms with Crippen LogP contribution in [0.5, 0.6) is 0 Å². The molecule has 2 atom stereocenters. The highest BCUT2D eigenvalue weighted by atomic mass is 16.3. The molecule has 0 radical (unpaired) electrons. The number of amides is 1. The Labute approximate surface area is 212 Å². The molecular weight excluding hydrogens is 448 g/mol. The fourth-order valence-electron chi connectivity index (χ4n) is 4.54. The lowest BCUT2D eigenvalue weighted by Gasteiger charge is -2.35. The van der Waals surface area contributed by atoms with E-state index in [1.165, 1.54) is 5.56 Å². The van der Waals surface area contributed by atoms with E-state index in [9.17, 15) is 9.90 Å². The van der Waals surface area contributed by atoms with E-state index in [2.05, 4.69) is 31.0 Å². The fraction of sp³-hybridized carbons (Fsp3) is 0.267. The first-order valence-corrected chi connectivity index (χ1v) is 12.4. The van der Waals surface area contributed by atoms with Crippen molar-refractivity contribution in [1.29, 1.82) is 0 Å². The van der Waals surface area contributed by atoms with Crippen LogP contribution in [0, 0.1) is 5.92 Å². The molecule has 6 heteroatoms. The van der Waals surface area contributed by atoms with E-state index in [0.29, 0.717) is 17.8 Å². The van der Waals surface area contributed by atoms with E-state index in [1.54, 1.807) is 17.0 Å². The zero-order valence-electron chi connectivity index (χ0n) is 20.8. The number of imidazole rings is 1. The number of aromatic amines is 1. The number of carbonyl (C=O) groups is 1. The molecule has 0 aliphatic heterocycles. The van der Waals surface area contributed by atoms with Gasteiger partial charge < -0.3 is 20.7 Å². The number of carbonyl (C=O) groups excluding carboxylic acids is 1. The summed E-state index contributed by atoms with van der Waals surface area (Å²) in [6, 6.07) is 28.6. The molecule has 6 nitrogen and oxygen atoms in total. The maximum absolute atomic E-state index is 13.7. The molecule has 4 N–H and O–H groups in total. The molecule has 186 valence electrons. The third kappa shape index (κ3) is 5.90. The van der Waals surface area contributed by atoms with Gasteiger partial charge in [0.2, 0.25) is 0 Å². The highest BCUT2D eigenvalue weighted by Crippen LogP contribution is 2.32. The number of nitrogens with zero attached hydrogens (tertiary/aromatic N) is 2. The van der Waals surface area contributed by atoms with E-state index in [-0.39, 0.29) is 31.0 Å². The molecule has 1 amide bonds. The summed E-state index contributed by atoms with van der Waals surface area (Å²) in [5.74, 6) is 0.618. The molecule has 0 bridgehead atoms. The number of benzene rings is 3. The summed E-state index contributed by atoms with van der Waals surface area (Å²) in [6.07, 6.45) is 0.686. The maximum atomic E-state index is 13.7. The highest BCUT2D eigenvalue weighted by Gasteiger charge is 2.33. The van der Waals surface area contributed by atoms with Crippen molar-refractivity contribution in [3.8, 4) is 11.3 Å². The molecule has 0 aliphatic rings. The lowest BCUT2D eigenvalue weighted by atomic mass is 9.99. The normalized spacial score (nSPS) is 12.9. The van der Waals surface area contributed by atoms with Gasteiger partial charge in [-0.2, -0.15) is 0 Å². The van der Waals surface area contributed by atoms with Crippen LogP contribution in [0.3, 0.4) is 0 Å². The third-order valence-corrected chi connectivity index (χ3v) is 6.26. The monoisotopic (exact) mass is 482 g/mol. The molecule has 4 rings (SSSR count). The number of rotatable bonds is 10. The third-order valence-electron chi connectivity index (χ3n) is 6.26. The Balaban J connectivity index is 1.80. The number of nitrogens with two attached hydrogens (primary N) is 1. The smallest absolute Gasteiger partial charge is 0.254 e. The largest absolute Gasteiger partial charge is 0.395 e. The first-order valence-electron chi connectivity index (χ1n) is 12.4. The number of H-pyrrole nitrogens is 1. The summed E-state index contributed by atoms with van der Waals surface area (Å²) in [5, 5.41) is 9.70. The average Bonchev–Trinajstić information content (AvgIpc) is 3.32. The topological polar surface area (TPSA) is 95.2 Å². The van der Waals surface area contributed by atoms with Crippen molar-refractivity contribution in [2.24, 2.45) is 11.7 Å². The van der Waals surface area contributed by atoms with Crippen molar-refractivity contribution in [1.82, 2.24) is 14.9 Å². The summed E-state index contributed by atoms with van der Waals surface area (Å²) in [6.45, 7) is 4.14. The Bertz CT molecular complexity index is 1240. The van der Waals surface area contributed by atoms with Gasteiger partial charge >= 0.3 is 0 Å². The van der Waals surface area contributed by atoms with Crippen LogP contribution in [0.1, 0.15) is 47.3 Å².